The van der Waals surface area contributed by atoms with E-state index in [2.05, 4.69) is 47.6 Å². The third-order valence-electron chi connectivity index (χ3n) is 11.0. The molecule has 2 N–H and O–H groups in total. The van der Waals surface area contributed by atoms with E-state index in [1.54, 1.807) is 25.0 Å². The van der Waals surface area contributed by atoms with E-state index in [0.717, 1.165) is 44.9 Å². The summed E-state index contributed by atoms with van der Waals surface area (Å²) >= 11 is 0. The molecule has 0 unspecified atom stereocenters. The summed E-state index contributed by atoms with van der Waals surface area (Å²) in [6, 6.07) is 0. The highest BCUT2D eigenvalue weighted by molar-refractivity contribution is 5.85. The molecule has 0 aromatic carbocycles. The minimum atomic E-state index is -0.789. The molecule has 3 heteroatoms. The first kappa shape index (κ1) is 25.2. The van der Waals surface area contributed by atoms with Gasteiger partial charge in [0.05, 0.1) is 11.2 Å². The third kappa shape index (κ3) is 3.80. The number of ketones is 1. The zero-order valence-corrected chi connectivity index (χ0v) is 22.4. The van der Waals surface area contributed by atoms with Gasteiger partial charge in [0, 0.05) is 17.8 Å². The Morgan fingerprint density at radius 1 is 1.00 bits per heavy atom. The minimum absolute atomic E-state index is 0.0809. The van der Waals surface area contributed by atoms with Crippen LogP contribution in [0.25, 0.3) is 0 Å². The van der Waals surface area contributed by atoms with Crippen LogP contribution in [0.1, 0.15) is 107 Å². The van der Waals surface area contributed by atoms with Crippen molar-refractivity contribution in [3.63, 3.8) is 0 Å². The monoisotopic (exact) mass is 456 g/mol. The summed E-state index contributed by atoms with van der Waals surface area (Å²) in [4.78, 5) is 12.8. The molecule has 3 nitrogen and oxygen atoms in total. The molecular formula is C30H48O3. The molecule has 7 atom stereocenters. The molecule has 186 valence electrons. The number of fused-ring (bicyclic) bond motifs is 4. The lowest BCUT2D eigenvalue weighted by molar-refractivity contribution is -0.139. The van der Waals surface area contributed by atoms with E-state index in [0.29, 0.717) is 24.0 Å². The fraction of sp³-hybridized carbons (Fsp3) is 0.833. The molecule has 0 aliphatic heterocycles. The fourth-order valence-corrected chi connectivity index (χ4v) is 9.09. The highest BCUT2D eigenvalue weighted by atomic mass is 16.3. The van der Waals surface area contributed by atoms with Crippen molar-refractivity contribution in [3.05, 3.63) is 23.3 Å². The maximum Gasteiger partial charge on any atom is 0.138 e. The molecule has 4 aliphatic rings. The van der Waals surface area contributed by atoms with Crippen molar-refractivity contribution in [3.8, 4) is 0 Å². The largest absolute Gasteiger partial charge is 0.390 e. The van der Waals surface area contributed by atoms with Gasteiger partial charge in [-0.3, -0.25) is 4.79 Å². The van der Waals surface area contributed by atoms with E-state index in [9.17, 15) is 15.0 Å². The number of hydrogen-bond acceptors (Lipinski definition) is 3. The summed E-state index contributed by atoms with van der Waals surface area (Å²) in [6.45, 7) is 17.2. The molecule has 0 aromatic rings. The Balaban J connectivity index is 1.62. The van der Waals surface area contributed by atoms with Crippen LogP contribution in [0.15, 0.2) is 23.3 Å². The molecule has 4 rings (SSSR count). The summed E-state index contributed by atoms with van der Waals surface area (Å²) < 4.78 is 0. The summed E-state index contributed by atoms with van der Waals surface area (Å²) in [7, 11) is 0. The van der Waals surface area contributed by atoms with Gasteiger partial charge in [0.25, 0.3) is 0 Å². The molecule has 0 bridgehead atoms. The number of aliphatic hydroxyl groups is 2. The zero-order valence-electron chi connectivity index (χ0n) is 22.4. The molecule has 0 radical (unpaired) electrons. The Hall–Kier alpha value is -0.930. The van der Waals surface area contributed by atoms with E-state index < -0.39 is 11.2 Å². The van der Waals surface area contributed by atoms with Gasteiger partial charge >= 0.3 is 0 Å². The van der Waals surface area contributed by atoms with Crippen LogP contribution in [0.4, 0.5) is 0 Å². The molecule has 4 aliphatic carbocycles. The lowest BCUT2D eigenvalue weighted by Crippen LogP contribution is -2.54. The van der Waals surface area contributed by atoms with Crippen molar-refractivity contribution in [2.45, 2.75) is 118 Å². The first-order valence-electron chi connectivity index (χ1n) is 13.4. The summed E-state index contributed by atoms with van der Waals surface area (Å²) in [5.74, 6) is 1.74. The second kappa shape index (κ2) is 7.79. The first-order chi connectivity index (χ1) is 15.0. The average Bonchev–Trinajstić information content (AvgIpc) is 2.99. The van der Waals surface area contributed by atoms with E-state index in [1.807, 2.05) is 6.08 Å². The van der Waals surface area contributed by atoms with E-state index in [1.165, 1.54) is 0 Å². The number of allylic oxidation sites excluding steroid dienone is 3. The van der Waals surface area contributed by atoms with E-state index in [-0.39, 0.29) is 28.1 Å². The van der Waals surface area contributed by atoms with Gasteiger partial charge in [-0.05, 0) is 94.3 Å². The Labute approximate surface area is 202 Å². The summed E-state index contributed by atoms with van der Waals surface area (Å²) in [5.41, 5.74) is 1.69. The molecule has 0 heterocycles. The van der Waals surface area contributed by atoms with Crippen molar-refractivity contribution in [1.29, 1.82) is 0 Å². The summed E-state index contributed by atoms with van der Waals surface area (Å²) in [5, 5.41) is 22.1. The SMILES string of the molecule is C[C@H](C/C=C/C(C)(C)O)[C@H]1CC[C@@]2(C)C3=C(C[C@H]2[C@]1(C)O)[C@@]1(C)CCC(=O)C(C)(C)[C@@H]1CC3. The van der Waals surface area contributed by atoms with E-state index >= 15 is 0 Å². The summed E-state index contributed by atoms with van der Waals surface area (Å²) in [6.07, 6.45) is 12.0. The Morgan fingerprint density at radius 3 is 2.27 bits per heavy atom. The molecule has 0 spiro atoms. The second-order valence-electron chi connectivity index (χ2n) is 13.9. The van der Waals surface area contributed by atoms with Crippen LogP contribution >= 0.6 is 0 Å². The Bertz CT molecular complexity index is 869. The zero-order chi connectivity index (χ0) is 24.6. The van der Waals surface area contributed by atoms with Crippen LogP contribution in [0.2, 0.25) is 0 Å². The van der Waals surface area contributed by atoms with Crippen molar-refractivity contribution in [2.24, 2.45) is 39.9 Å². The van der Waals surface area contributed by atoms with Crippen molar-refractivity contribution in [2.75, 3.05) is 0 Å². The smallest absolute Gasteiger partial charge is 0.138 e. The van der Waals surface area contributed by atoms with Gasteiger partial charge in [-0.15, -0.1) is 0 Å². The molecular weight excluding hydrogens is 408 g/mol. The van der Waals surface area contributed by atoms with Crippen LogP contribution < -0.4 is 0 Å². The standard InChI is InChI=1S/C30H48O3/c1-19(10-9-15-26(2,3)32)20-13-16-28(6)21-11-12-23-27(4,5)25(31)14-17-29(23,7)22(21)18-24(28)30(20,8)33/h9,15,19-20,23-24,32-33H,10-14,16-18H2,1-8H3/b15-9+/t19-,20-,23+,24-,28+,29-,30-/m1/s1. The lowest BCUT2D eigenvalue weighted by atomic mass is 9.49. The highest BCUT2D eigenvalue weighted by Crippen LogP contribution is 2.70. The van der Waals surface area contributed by atoms with Crippen LogP contribution in [0.3, 0.4) is 0 Å². The predicted octanol–water partition coefficient (Wildman–Crippen LogP) is 6.63. The molecule has 0 aromatic heterocycles. The quantitative estimate of drug-likeness (QED) is 0.467. The number of carbonyl (C=O) groups is 1. The lowest BCUT2D eigenvalue weighted by Gasteiger charge is -2.55. The van der Waals surface area contributed by atoms with Gasteiger partial charge in [0.15, 0.2) is 0 Å². The van der Waals surface area contributed by atoms with E-state index in [4.69, 9.17) is 0 Å². The molecule has 2 fully saturated rings. The normalized spacial score (nSPS) is 43.9. The number of Topliss-reactive ketones (excluding diaryl/α,β-unsaturated/α-hetero) is 1. The average molecular weight is 457 g/mol. The number of rotatable bonds is 4. The van der Waals surface area contributed by atoms with Gasteiger partial charge < -0.3 is 10.2 Å². The van der Waals surface area contributed by atoms with Crippen molar-refractivity contribution < 1.29 is 15.0 Å². The van der Waals surface area contributed by atoms with Crippen molar-refractivity contribution >= 4 is 5.78 Å². The van der Waals surface area contributed by atoms with Gasteiger partial charge in [-0.2, -0.15) is 0 Å². The van der Waals surface area contributed by atoms with Crippen LogP contribution in [0.5, 0.6) is 0 Å². The molecule has 0 amide bonds. The molecule has 33 heavy (non-hydrogen) atoms. The molecule has 0 saturated heterocycles. The maximum atomic E-state index is 12.8. The third-order valence-corrected chi connectivity index (χ3v) is 11.0. The van der Waals surface area contributed by atoms with Gasteiger partial charge in [0.1, 0.15) is 5.78 Å². The molecule has 2 saturated carbocycles. The minimum Gasteiger partial charge on any atom is -0.390 e. The number of hydrogen-bond donors (Lipinski definition) is 2. The topological polar surface area (TPSA) is 57.5 Å². The fourth-order valence-electron chi connectivity index (χ4n) is 9.09. The van der Waals surface area contributed by atoms with Gasteiger partial charge in [-0.25, -0.2) is 0 Å². The van der Waals surface area contributed by atoms with Crippen molar-refractivity contribution in [1.82, 2.24) is 0 Å². The van der Waals surface area contributed by atoms with Gasteiger partial charge in [0.2, 0.25) is 0 Å². The maximum absolute atomic E-state index is 12.8. The van der Waals surface area contributed by atoms with Crippen LogP contribution in [-0.2, 0) is 4.79 Å². The van der Waals surface area contributed by atoms with Crippen LogP contribution in [-0.4, -0.2) is 27.2 Å². The second-order valence-corrected chi connectivity index (χ2v) is 13.9. The van der Waals surface area contributed by atoms with Gasteiger partial charge in [-0.1, -0.05) is 57.9 Å². The van der Waals surface area contributed by atoms with Crippen LogP contribution in [0, 0.1) is 39.9 Å². The highest BCUT2D eigenvalue weighted by Gasteiger charge is 2.63. The number of carbonyl (C=O) groups excluding carboxylic acids is 1. The predicted molar refractivity (Wildman–Crippen MR) is 135 cm³/mol. The Morgan fingerprint density at radius 2 is 1.64 bits per heavy atom. The Kier molecular flexibility index (Phi) is 5.94. The first-order valence-corrected chi connectivity index (χ1v) is 13.4.